The van der Waals surface area contributed by atoms with Gasteiger partial charge in [-0.3, -0.25) is 0 Å². The van der Waals surface area contributed by atoms with Crippen LogP contribution in [0.1, 0.15) is 225 Å². The molecule has 0 fully saturated rings. The number of allylic oxidation sites excluding steroid dienone is 8. The number of aliphatic imine (C=N–C) groups is 4. The SMILES string of the molecule is CCC1=C(CC)C2=NC1=Cc1[nH]c(c(C)c1C)C(C)(C)c1[nH]c(c(C)c1C)C=C1N=C(C3=N/C(=C\c4[nH]c(c(C)c4C)C(C)(C)c4[nH]c(c(C)c4C)/C=C4\N=C2C(CC)=C4CC)C(CC)=C3CC)C(CC)=C1CC. The van der Waals surface area contributed by atoms with Crippen molar-refractivity contribution in [1.82, 2.24) is 19.9 Å². The van der Waals surface area contributed by atoms with Gasteiger partial charge in [0.2, 0.25) is 0 Å². The van der Waals surface area contributed by atoms with Gasteiger partial charge in [0.1, 0.15) is 0 Å². The molecule has 9 rings (SSSR count). The molecule has 8 nitrogen and oxygen atoms in total. The minimum atomic E-state index is -0.359. The van der Waals surface area contributed by atoms with Gasteiger partial charge < -0.3 is 19.9 Å². The maximum atomic E-state index is 5.59. The minimum Gasteiger partial charge on any atom is -0.358 e. The first kappa shape index (κ1) is 52.6. The van der Waals surface area contributed by atoms with E-state index in [2.05, 4.69) is 183 Å². The third-order valence-electron chi connectivity index (χ3n) is 18.1. The van der Waals surface area contributed by atoms with Gasteiger partial charge in [0.15, 0.2) is 0 Å². The number of nitrogens with zero attached hydrogens (tertiary/aromatic N) is 4. The molecule has 0 amide bonds. The minimum absolute atomic E-state index is 0.359. The van der Waals surface area contributed by atoms with Crippen molar-refractivity contribution < 1.29 is 0 Å². The topological polar surface area (TPSA) is 113 Å². The maximum Gasteiger partial charge on any atom is 0.0932 e. The van der Waals surface area contributed by atoms with Crippen molar-refractivity contribution in [2.75, 3.05) is 0 Å². The molecule has 8 heteroatoms. The summed E-state index contributed by atoms with van der Waals surface area (Å²) in [6.07, 6.45) is 16.4. The summed E-state index contributed by atoms with van der Waals surface area (Å²) >= 11 is 0. The normalized spacial score (nSPS) is 19.9. The molecular weight excluding hydrogens is 905 g/mol. The van der Waals surface area contributed by atoms with Crippen molar-refractivity contribution in [3.63, 3.8) is 0 Å². The summed E-state index contributed by atoms with van der Waals surface area (Å²) in [5, 5.41) is 0. The fraction of sp³-hybridized carbons (Fsp3) is 0.455. The third-order valence-corrected chi connectivity index (χ3v) is 18.1. The Kier molecular flexibility index (Phi) is 13.8. The lowest BCUT2D eigenvalue weighted by molar-refractivity contribution is 0.594. The summed E-state index contributed by atoms with van der Waals surface area (Å²) in [4.78, 5) is 38.4. The van der Waals surface area contributed by atoms with Gasteiger partial charge in [-0.05, 0) is 248 Å². The zero-order chi connectivity index (χ0) is 53.6. The molecule has 5 aliphatic heterocycles. The third kappa shape index (κ3) is 7.98. The van der Waals surface area contributed by atoms with E-state index >= 15 is 0 Å². The quantitative estimate of drug-likeness (QED) is 0.135. The Morgan fingerprint density at radius 2 is 0.459 bits per heavy atom. The monoisotopic (exact) mass is 989 g/mol. The van der Waals surface area contributed by atoms with E-state index in [0.717, 1.165) is 120 Å². The van der Waals surface area contributed by atoms with E-state index in [1.54, 1.807) is 0 Å². The van der Waals surface area contributed by atoms with E-state index in [-0.39, 0.29) is 10.8 Å². The highest BCUT2D eigenvalue weighted by Crippen LogP contribution is 2.45. The molecule has 0 radical (unpaired) electrons. The van der Waals surface area contributed by atoms with Crippen LogP contribution < -0.4 is 0 Å². The Morgan fingerprint density at radius 1 is 0.284 bits per heavy atom. The number of hydrogen-bond donors (Lipinski definition) is 4. The van der Waals surface area contributed by atoms with Gasteiger partial charge >= 0.3 is 0 Å². The average Bonchev–Trinajstić information content (AvgIpc) is 4.27. The maximum absolute atomic E-state index is 5.59. The predicted octanol–water partition coefficient (Wildman–Crippen LogP) is 17.5. The van der Waals surface area contributed by atoms with Gasteiger partial charge in [-0.2, -0.15) is 0 Å². The highest BCUT2D eigenvalue weighted by Gasteiger charge is 2.38. The number of hydrogen-bond acceptors (Lipinski definition) is 4. The number of fused-ring (bicyclic) bond motifs is 14. The van der Waals surface area contributed by atoms with E-state index < -0.39 is 0 Å². The molecule has 0 unspecified atom stereocenters. The summed E-state index contributed by atoms with van der Waals surface area (Å²) in [6.45, 7) is 45.7. The van der Waals surface area contributed by atoms with Crippen molar-refractivity contribution >= 4 is 47.2 Å². The first-order chi connectivity index (χ1) is 35.2. The van der Waals surface area contributed by atoms with Crippen molar-refractivity contribution in [3.05, 3.63) is 157 Å². The van der Waals surface area contributed by atoms with E-state index in [0.29, 0.717) is 0 Å². The van der Waals surface area contributed by atoms with Crippen LogP contribution in [0.5, 0.6) is 0 Å². The van der Waals surface area contributed by atoms with Crippen LogP contribution in [0.3, 0.4) is 0 Å². The molecule has 9 heterocycles. The molecule has 4 aromatic heterocycles. The molecule has 0 saturated heterocycles. The number of rotatable bonds is 8. The lowest BCUT2D eigenvalue weighted by atomic mass is 9.81. The lowest BCUT2D eigenvalue weighted by Gasteiger charge is -2.25. The molecule has 5 aliphatic rings. The van der Waals surface area contributed by atoms with Crippen LogP contribution in [0.4, 0.5) is 0 Å². The van der Waals surface area contributed by atoms with Crippen molar-refractivity contribution in [2.45, 2.75) is 201 Å². The van der Waals surface area contributed by atoms with Gasteiger partial charge in [-0.25, -0.2) is 20.0 Å². The van der Waals surface area contributed by atoms with E-state index in [1.807, 2.05) is 0 Å². The zero-order valence-corrected chi connectivity index (χ0v) is 48.8. The Bertz CT molecular complexity index is 3010. The van der Waals surface area contributed by atoms with Crippen LogP contribution in [-0.2, 0) is 10.8 Å². The second-order valence-electron chi connectivity index (χ2n) is 22.5. The van der Waals surface area contributed by atoms with Gasteiger partial charge in [-0.1, -0.05) is 55.4 Å². The molecule has 388 valence electrons. The second kappa shape index (κ2) is 19.5. The molecule has 16 bridgehead atoms. The molecule has 0 atom stereocenters. The molecule has 4 N–H and O–H groups in total. The summed E-state index contributed by atoms with van der Waals surface area (Å²) in [5.74, 6) is 0. The lowest BCUT2D eigenvalue weighted by Crippen LogP contribution is -2.22. The fourth-order valence-electron chi connectivity index (χ4n) is 13.3. The van der Waals surface area contributed by atoms with Crippen LogP contribution in [0.15, 0.2) is 87.3 Å². The number of H-pyrrole nitrogens is 4. The molecule has 4 aromatic rings. The average molecular weight is 989 g/mol. The molecule has 0 aliphatic carbocycles. The van der Waals surface area contributed by atoms with Gasteiger partial charge in [-0.15, -0.1) is 0 Å². The summed E-state index contributed by atoms with van der Waals surface area (Å²) in [7, 11) is 0. The summed E-state index contributed by atoms with van der Waals surface area (Å²) in [6, 6.07) is 0. The van der Waals surface area contributed by atoms with Crippen LogP contribution in [0.25, 0.3) is 24.3 Å². The van der Waals surface area contributed by atoms with Gasteiger partial charge in [0.05, 0.1) is 45.6 Å². The van der Waals surface area contributed by atoms with E-state index in [9.17, 15) is 0 Å². The zero-order valence-electron chi connectivity index (χ0n) is 48.8. The summed E-state index contributed by atoms with van der Waals surface area (Å²) in [5.41, 5.74) is 37.4. The number of nitrogens with one attached hydrogen (secondary N) is 4. The smallest absolute Gasteiger partial charge is 0.0932 e. The molecule has 0 saturated carbocycles. The van der Waals surface area contributed by atoms with E-state index in [4.69, 9.17) is 20.0 Å². The van der Waals surface area contributed by atoms with Crippen molar-refractivity contribution in [1.29, 1.82) is 0 Å². The van der Waals surface area contributed by atoms with Crippen LogP contribution in [0.2, 0.25) is 0 Å². The van der Waals surface area contributed by atoms with Crippen molar-refractivity contribution in [3.8, 4) is 0 Å². The van der Waals surface area contributed by atoms with E-state index in [1.165, 1.54) is 112 Å². The Labute approximate surface area is 443 Å². The van der Waals surface area contributed by atoms with Crippen LogP contribution >= 0.6 is 0 Å². The highest BCUT2D eigenvalue weighted by molar-refractivity contribution is 6.56. The predicted molar refractivity (Wildman–Crippen MR) is 317 cm³/mol. The standard InChI is InChI=1S/C66H84N8/c1-21-41-45(25-5)57-58-46(26-6)42(22-2)54(68-58)30-50-34(10)39(15)63(72-50)66(19,20)64-40(16)36(12)52(74-64)32-56-44(24-4)48(28-8)60(70-56)59-47(27-7)43(23-3)55(69-59)31-51-35(11)38(14)62(73-51)65(17,18)61-37(13)33(9)49(71-61)29-53(41)67-57/h29-32,71-74H,21-28H2,1-20H3/b53-29-,54-30?,55-31-,56-32?. The Balaban J connectivity index is 1.31. The molecule has 0 aromatic carbocycles. The first-order valence-corrected chi connectivity index (χ1v) is 28.1. The van der Waals surface area contributed by atoms with Crippen LogP contribution in [0, 0.1) is 55.4 Å². The van der Waals surface area contributed by atoms with Gasteiger partial charge in [0, 0.05) is 56.4 Å². The second-order valence-corrected chi connectivity index (χ2v) is 22.5. The fourth-order valence-corrected chi connectivity index (χ4v) is 13.3. The largest absolute Gasteiger partial charge is 0.358 e. The highest BCUT2D eigenvalue weighted by atomic mass is 14.9. The summed E-state index contributed by atoms with van der Waals surface area (Å²) < 4.78 is 0. The molecular formula is C66H84N8. The number of aromatic amines is 4. The van der Waals surface area contributed by atoms with Gasteiger partial charge in [0.25, 0.3) is 0 Å². The Hall–Kier alpha value is -6.28. The molecule has 74 heavy (non-hydrogen) atoms. The van der Waals surface area contributed by atoms with Crippen LogP contribution in [-0.4, -0.2) is 42.8 Å². The van der Waals surface area contributed by atoms with Crippen molar-refractivity contribution in [2.24, 2.45) is 20.0 Å². The Morgan fingerprint density at radius 3 is 0.622 bits per heavy atom. The molecule has 0 spiro atoms. The number of aromatic nitrogens is 4. The first-order valence-electron chi connectivity index (χ1n) is 28.1.